The Morgan fingerprint density at radius 2 is 2.25 bits per heavy atom. The highest BCUT2D eigenvalue weighted by molar-refractivity contribution is 9.10. The lowest BCUT2D eigenvalue weighted by atomic mass is 10.2. The van der Waals surface area contributed by atoms with E-state index >= 15 is 0 Å². The largest absolute Gasteiger partial charge is 0.392 e. The summed E-state index contributed by atoms with van der Waals surface area (Å²) in [7, 11) is 0. The Labute approximate surface area is 104 Å². The van der Waals surface area contributed by atoms with E-state index in [-0.39, 0.29) is 11.9 Å². The molecule has 1 aromatic rings. The number of rotatable bonds is 6. The number of hydrogen-bond donors (Lipinski definition) is 2. The van der Waals surface area contributed by atoms with Crippen LogP contribution in [0.25, 0.3) is 0 Å². The zero-order valence-electron chi connectivity index (χ0n) is 9.34. The molecule has 16 heavy (non-hydrogen) atoms. The fourth-order valence-electron chi connectivity index (χ4n) is 1.47. The molecule has 0 spiro atoms. The van der Waals surface area contributed by atoms with Crippen molar-refractivity contribution in [1.29, 1.82) is 0 Å². The second kappa shape index (κ2) is 6.99. The predicted octanol–water partition coefficient (Wildman–Crippen LogP) is 2.84. The van der Waals surface area contributed by atoms with Gasteiger partial charge in [0.1, 0.15) is 5.82 Å². The van der Waals surface area contributed by atoms with Gasteiger partial charge in [0.15, 0.2) is 0 Å². The average Bonchev–Trinajstić information content (AvgIpc) is 2.22. The highest BCUT2D eigenvalue weighted by Crippen LogP contribution is 2.14. The molecule has 1 aromatic carbocycles. The standard InChI is InChI=1S/C12H17BrFNO/c1-2-3-11(16)8-15-7-9-4-5-10(13)6-12(9)14/h4-6,11,15-16H,2-3,7-8H2,1H3. The Kier molecular flexibility index (Phi) is 5.95. The van der Waals surface area contributed by atoms with Gasteiger partial charge in [-0.25, -0.2) is 4.39 Å². The van der Waals surface area contributed by atoms with Crippen molar-refractivity contribution in [3.05, 3.63) is 34.1 Å². The van der Waals surface area contributed by atoms with Crippen molar-refractivity contribution in [2.75, 3.05) is 6.54 Å². The van der Waals surface area contributed by atoms with Gasteiger partial charge < -0.3 is 10.4 Å². The third-order valence-electron chi connectivity index (χ3n) is 2.33. The van der Waals surface area contributed by atoms with Crippen molar-refractivity contribution >= 4 is 15.9 Å². The van der Waals surface area contributed by atoms with E-state index in [1.165, 1.54) is 6.07 Å². The zero-order valence-corrected chi connectivity index (χ0v) is 10.9. The summed E-state index contributed by atoms with van der Waals surface area (Å²) < 4.78 is 14.1. The van der Waals surface area contributed by atoms with Gasteiger partial charge in [0, 0.05) is 23.1 Å². The van der Waals surface area contributed by atoms with E-state index in [0.717, 1.165) is 17.3 Å². The summed E-state index contributed by atoms with van der Waals surface area (Å²) in [5, 5.41) is 12.5. The van der Waals surface area contributed by atoms with Crippen molar-refractivity contribution in [3.63, 3.8) is 0 Å². The van der Waals surface area contributed by atoms with E-state index in [0.29, 0.717) is 18.7 Å². The Balaban J connectivity index is 2.37. The van der Waals surface area contributed by atoms with E-state index in [4.69, 9.17) is 0 Å². The number of benzene rings is 1. The van der Waals surface area contributed by atoms with Crippen molar-refractivity contribution in [3.8, 4) is 0 Å². The molecule has 1 rings (SSSR count). The summed E-state index contributed by atoms with van der Waals surface area (Å²) in [5.41, 5.74) is 0.617. The molecule has 0 radical (unpaired) electrons. The molecular weight excluding hydrogens is 273 g/mol. The van der Waals surface area contributed by atoms with Crippen molar-refractivity contribution in [2.45, 2.75) is 32.4 Å². The molecule has 2 N–H and O–H groups in total. The summed E-state index contributed by atoms with van der Waals surface area (Å²) in [5.74, 6) is -0.230. The first-order valence-corrected chi connectivity index (χ1v) is 6.25. The van der Waals surface area contributed by atoms with E-state index in [1.54, 1.807) is 6.07 Å². The molecule has 0 heterocycles. The molecule has 90 valence electrons. The maximum atomic E-state index is 13.4. The lowest BCUT2D eigenvalue weighted by Gasteiger charge is -2.11. The van der Waals surface area contributed by atoms with Crippen molar-refractivity contribution < 1.29 is 9.50 Å². The van der Waals surface area contributed by atoms with E-state index < -0.39 is 0 Å². The molecule has 0 saturated heterocycles. The third-order valence-corrected chi connectivity index (χ3v) is 2.83. The lowest BCUT2D eigenvalue weighted by Crippen LogP contribution is -2.26. The zero-order chi connectivity index (χ0) is 12.0. The van der Waals surface area contributed by atoms with Gasteiger partial charge in [0.05, 0.1) is 6.10 Å². The highest BCUT2D eigenvalue weighted by Gasteiger charge is 2.04. The fraction of sp³-hybridized carbons (Fsp3) is 0.500. The van der Waals surface area contributed by atoms with Crippen LogP contribution in [0.15, 0.2) is 22.7 Å². The number of hydrogen-bond acceptors (Lipinski definition) is 2. The topological polar surface area (TPSA) is 32.3 Å². The van der Waals surface area contributed by atoms with Gasteiger partial charge in [-0.05, 0) is 18.6 Å². The Morgan fingerprint density at radius 1 is 1.50 bits per heavy atom. The quantitative estimate of drug-likeness (QED) is 0.844. The van der Waals surface area contributed by atoms with Crippen LogP contribution in [0.4, 0.5) is 4.39 Å². The Hall–Kier alpha value is -0.450. The summed E-state index contributed by atoms with van der Waals surface area (Å²) >= 11 is 3.21. The van der Waals surface area contributed by atoms with Crippen LogP contribution in [0.1, 0.15) is 25.3 Å². The molecule has 0 amide bonds. The first kappa shape index (κ1) is 13.6. The summed E-state index contributed by atoms with van der Waals surface area (Å²) in [6.45, 7) is 2.97. The highest BCUT2D eigenvalue weighted by atomic mass is 79.9. The van der Waals surface area contributed by atoms with Crippen LogP contribution in [-0.2, 0) is 6.54 Å². The van der Waals surface area contributed by atoms with Crippen LogP contribution in [0.2, 0.25) is 0 Å². The Bertz CT molecular complexity index is 333. The van der Waals surface area contributed by atoms with Crippen LogP contribution in [-0.4, -0.2) is 17.8 Å². The fourth-order valence-corrected chi connectivity index (χ4v) is 1.81. The van der Waals surface area contributed by atoms with Crippen molar-refractivity contribution in [2.24, 2.45) is 0 Å². The summed E-state index contributed by atoms with van der Waals surface area (Å²) in [4.78, 5) is 0. The van der Waals surface area contributed by atoms with E-state index in [2.05, 4.69) is 21.2 Å². The van der Waals surface area contributed by atoms with Crippen LogP contribution in [0, 0.1) is 5.82 Å². The molecule has 1 unspecified atom stereocenters. The van der Waals surface area contributed by atoms with Gasteiger partial charge in [0.2, 0.25) is 0 Å². The minimum absolute atomic E-state index is 0.230. The van der Waals surface area contributed by atoms with Crippen LogP contribution in [0.5, 0.6) is 0 Å². The molecule has 4 heteroatoms. The van der Waals surface area contributed by atoms with E-state index in [9.17, 15) is 9.50 Å². The van der Waals surface area contributed by atoms with Crippen LogP contribution in [0.3, 0.4) is 0 Å². The number of aliphatic hydroxyl groups is 1. The lowest BCUT2D eigenvalue weighted by molar-refractivity contribution is 0.160. The minimum atomic E-state index is -0.344. The second-order valence-electron chi connectivity index (χ2n) is 3.81. The molecule has 0 aromatic heterocycles. The molecule has 0 aliphatic carbocycles. The molecule has 0 aliphatic heterocycles. The maximum Gasteiger partial charge on any atom is 0.128 e. The monoisotopic (exact) mass is 289 g/mol. The molecular formula is C12H17BrFNO. The van der Waals surface area contributed by atoms with Gasteiger partial charge in [0.25, 0.3) is 0 Å². The minimum Gasteiger partial charge on any atom is -0.392 e. The first-order chi connectivity index (χ1) is 7.63. The van der Waals surface area contributed by atoms with E-state index in [1.807, 2.05) is 13.0 Å². The molecule has 0 saturated carbocycles. The molecule has 0 aliphatic rings. The summed E-state index contributed by atoms with van der Waals surface area (Å²) in [6, 6.07) is 4.99. The smallest absolute Gasteiger partial charge is 0.128 e. The third kappa shape index (κ3) is 4.60. The SMILES string of the molecule is CCCC(O)CNCc1ccc(Br)cc1F. The van der Waals surface area contributed by atoms with Crippen LogP contribution >= 0.6 is 15.9 Å². The second-order valence-corrected chi connectivity index (χ2v) is 4.72. The average molecular weight is 290 g/mol. The molecule has 1 atom stereocenters. The number of aliphatic hydroxyl groups excluding tert-OH is 1. The van der Waals surface area contributed by atoms with Gasteiger partial charge in [-0.15, -0.1) is 0 Å². The predicted molar refractivity (Wildman–Crippen MR) is 66.7 cm³/mol. The summed E-state index contributed by atoms with van der Waals surface area (Å²) in [6.07, 6.45) is 1.38. The van der Waals surface area contributed by atoms with Crippen molar-refractivity contribution in [1.82, 2.24) is 5.32 Å². The first-order valence-electron chi connectivity index (χ1n) is 5.46. The Morgan fingerprint density at radius 3 is 2.88 bits per heavy atom. The molecule has 2 nitrogen and oxygen atoms in total. The van der Waals surface area contributed by atoms with Gasteiger partial charge >= 0.3 is 0 Å². The number of halogens is 2. The van der Waals surface area contributed by atoms with Crippen LogP contribution < -0.4 is 5.32 Å². The maximum absolute atomic E-state index is 13.4. The molecule has 0 bridgehead atoms. The normalized spacial score (nSPS) is 12.8. The number of nitrogens with one attached hydrogen (secondary N) is 1. The molecule has 0 fully saturated rings. The van der Waals surface area contributed by atoms with Gasteiger partial charge in [-0.2, -0.15) is 0 Å². The van der Waals surface area contributed by atoms with Gasteiger partial charge in [-0.1, -0.05) is 35.3 Å². The van der Waals surface area contributed by atoms with Gasteiger partial charge in [-0.3, -0.25) is 0 Å².